The van der Waals surface area contributed by atoms with Crippen LogP contribution in [-0.2, 0) is 9.47 Å². The van der Waals surface area contributed by atoms with Gasteiger partial charge in [-0.1, -0.05) is 20.3 Å². The Balaban J connectivity index is 2.25. The molecule has 1 heterocycles. The molecule has 3 nitrogen and oxygen atoms in total. The van der Waals surface area contributed by atoms with Crippen LogP contribution >= 0.6 is 0 Å². The van der Waals surface area contributed by atoms with E-state index in [9.17, 15) is 0 Å². The maximum absolute atomic E-state index is 8.79. The molecule has 3 unspecified atom stereocenters. The number of aliphatic hydroxyl groups excluding tert-OH is 1. The Hall–Kier alpha value is -0.120. The van der Waals surface area contributed by atoms with Crippen LogP contribution in [-0.4, -0.2) is 30.7 Å². The van der Waals surface area contributed by atoms with Crippen molar-refractivity contribution in [3.8, 4) is 0 Å². The van der Waals surface area contributed by atoms with E-state index in [1.54, 1.807) is 0 Å². The summed E-state index contributed by atoms with van der Waals surface area (Å²) in [6.07, 6.45) is 2.06. The monoisotopic (exact) mass is 174 g/mol. The predicted molar refractivity (Wildman–Crippen MR) is 45.8 cm³/mol. The van der Waals surface area contributed by atoms with E-state index < -0.39 is 0 Å². The van der Waals surface area contributed by atoms with Gasteiger partial charge in [-0.3, -0.25) is 0 Å². The fourth-order valence-corrected chi connectivity index (χ4v) is 1.46. The first kappa shape index (κ1) is 9.96. The Kier molecular flexibility index (Phi) is 3.98. The fraction of sp³-hybridized carbons (Fsp3) is 1.00. The van der Waals surface area contributed by atoms with Crippen LogP contribution < -0.4 is 0 Å². The van der Waals surface area contributed by atoms with Crippen molar-refractivity contribution in [3.63, 3.8) is 0 Å². The molecule has 1 aliphatic rings. The lowest BCUT2D eigenvalue weighted by atomic mass is 10.1. The Morgan fingerprint density at radius 3 is 2.83 bits per heavy atom. The van der Waals surface area contributed by atoms with Gasteiger partial charge < -0.3 is 14.6 Å². The molecule has 3 heteroatoms. The molecule has 0 amide bonds. The highest BCUT2D eigenvalue weighted by Crippen LogP contribution is 2.21. The van der Waals surface area contributed by atoms with Crippen molar-refractivity contribution in [1.82, 2.24) is 0 Å². The van der Waals surface area contributed by atoms with Crippen molar-refractivity contribution in [1.29, 1.82) is 0 Å². The van der Waals surface area contributed by atoms with Crippen molar-refractivity contribution in [3.05, 3.63) is 0 Å². The number of rotatable bonds is 4. The minimum absolute atomic E-state index is 0.0648. The second-order valence-electron chi connectivity index (χ2n) is 3.41. The molecule has 0 aromatic rings. The standard InChI is InChI=1S/C9H18O3/c1-3-4-7(2)9-11-6-8(5-10)12-9/h7-10H,3-6H2,1-2H3. The minimum Gasteiger partial charge on any atom is -0.394 e. The SMILES string of the molecule is CCCC(C)C1OCC(CO)O1. The Morgan fingerprint density at radius 2 is 2.33 bits per heavy atom. The number of aliphatic hydroxyl groups is 1. The Labute approximate surface area is 73.7 Å². The van der Waals surface area contributed by atoms with E-state index in [-0.39, 0.29) is 19.0 Å². The van der Waals surface area contributed by atoms with Crippen LogP contribution in [0.1, 0.15) is 26.7 Å². The summed E-state index contributed by atoms with van der Waals surface area (Å²) in [6.45, 7) is 4.87. The zero-order valence-corrected chi connectivity index (χ0v) is 7.82. The summed E-state index contributed by atoms with van der Waals surface area (Å²) in [4.78, 5) is 0. The molecule has 12 heavy (non-hydrogen) atoms. The topological polar surface area (TPSA) is 38.7 Å². The van der Waals surface area contributed by atoms with Crippen LogP contribution in [0.3, 0.4) is 0 Å². The highest BCUT2D eigenvalue weighted by molar-refractivity contribution is 4.68. The first-order valence-electron chi connectivity index (χ1n) is 4.65. The van der Waals surface area contributed by atoms with E-state index in [0.717, 1.165) is 12.8 Å². The van der Waals surface area contributed by atoms with Crippen molar-refractivity contribution in [2.75, 3.05) is 13.2 Å². The van der Waals surface area contributed by atoms with Gasteiger partial charge in [-0.15, -0.1) is 0 Å². The smallest absolute Gasteiger partial charge is 0.160 e. The lowest BCUT2D eigenvalue weighted by molar-refractivity contribution is -0.0989. The molecule has 3 atom stereocenters. The minimum atomic E-state index is -0.102. The highest BCUT2D eigenvalue weighted by atomic mass is 16.7. The van der Waals surface area contributed by atoms with E-state index in [1.807, 2.05) is 0 Å². The second kappa shape index (κ2) is 4.80. The lowest BCUT2D eigenvalue weighted by Gasteiger charge is -2.17. The first-order valence-corrected chi connectivity index (χ1v) is 4.65. The molecule has 0 radical (unpaired) electrons. The third-order valence-electron chi connectivity index (χ3n) is 2.19. The van der Waals surface area contributed by atoms with Crippen LogP contribution in [0.5, 0.6) is 0 Å². The molecule has 0 aliphatic carbocycles. The number of ether oxygens (including phenoxy) is 2. The van der Waals surface area contributed by atoms with Gasteiger partial charge in [0.15, 0.2) is 6.29 Å². The van der Waals surface area contributed by atoms with Gasteiger partial charge in [-0.2, -0.15) is 0 Å². The van der Waals surface area contributed by atoms with E-state index in [1.165, 1.54) is 0 Å². The largest absolute Gasteiger partial charge is 0.394 e. The quantitative estimate of drug-likeness (QED) is 0.695. The van der Waals surface area contributed by atoms with Crippen LogP contribution in [0.15, 0.2) is 0 Å². The van der Waals surface area contributed by atoms with Crippen molar-refractivity contribution < 1.29 is 14.6 Å². The third kappa shape index (κ3) is 2.44. The van der Waals surface area contributed by atoms with Crippen LogP contribution in [0, 0.1) is 5.92 Å². The maximum atomic E-state index is 8.79. The predicted octanol–water partition coefficient (Wildman–Crippen LogP) is 1.16. The van der Waals surface area contributed by atoms with Crippen LogP contribution in [0.2, 0.25) is 0 Å². The molecule has 0 spiro atoms. The van der Waals surface area contributed by atoms with Crippen molar-refractivity contribution in [2.45, 2.75) is 39.1 Å². The van der Waals surface area contributed by atoms with Gasteiger partial charge in [0.1, 0.15) is 6.10 Å². The number of hydrogen-bond donors (Lipinski definition) is 1. The molecule has 72 valence electrons. The van der Waals surface area contributed by atoms with Gasteiger partial charge in [-0.25, -0.2) is 0 Å². The molecular formula is C9H18O3. The van der Waals surface area contributed by atoms with Gasteiger partial charge in [-0.05, 0) is 6.42 Å². The molecule has 0 saturated carbocycles. The van der Waals surface area contributed by atoms with E-state index in [2.05, 4.69) is 13.8 Å². The van der Waals surface area contributed by atoms with Gasteiger partial charge in [0, 0.05) is 5.92 Å². The zero-order chi connectivity index (χ0) is 8.97. The van der Waals surface area contributed by atoms with Gasteiger partial charge in [0.05, 0.1) is 13.2 Å². The maximum Gasteiger partial charge on any atom is 0.160 e. The highest BCUT2D eigenvalue weighted by Gasteiger charge is 2.28. The van der Waals surface area contributed by atoms with E-state index in [4.69, 9.17) is 14.6 Å². The molecule has 1 N–H and O–H groups in total. The molecule has 1 rings (SSSR count). The summed E-state index contributed by atoms with van der Waals surface area (Å²) in [5.74, 6) is 0.437. The molecular weight excluding hydrogens is 156 g/mol. The molecule has 1 fully saturated rings. The van der Waals surface area contributed by atoms with E-state index in [0.29, 0.717) is 12.5 Å². The molecule has 1 aliphatic heterocycles. The van der Waals surface area contributed by atoms with Gasteiger partial charge in [0.25, 0.3) is 0 Å². The van der Waals surface area contributed by atoms with Gasteiger partial charge >= 0.3 is 0 Å². The molecule has 0 aromatic carbocycles. The van der Waals surface area contributed by atoms with Gasteiger partial charge in [0.2, 0.25) is 0 Å². The normalized spacial score (nSPS) is 32.2. The first-order chi connectivity index (χ1) is 5.77. The average molecular weight is 174 g/mol. The lowest BCUT2D eigenvalue weighted by Crippen LogP contribution is -2.21. The Morgan fingerprint density at radius 1 is 1.58 bits per heavy atom. The fourth-order valence-electron chi connectivity index (χ4n) is 1.46. The van der Waals surface area contributed by atoms with Crippen LogP contribution in [0.25, 0.3) is 0 Å². The summed E-state index contributed by atoms with van der Waals surface area (Å²) in [5, 5.41) is 8.79. The van der Waals surface area contributed by atoms with Crippen molar-refractivity contribution >= 4 is 0 Å². The molecule has 1 saturated heterocycles. The summed E-state index contributed by atoms with van der Waals surface area (Å²) in [7, 11) is 0. The summed E-state index contributed by atoms with van der Waals surface area (Å²) in [5.41, 5.74) is 0. The Bertz CT molecular complexity index is 127. The van der Waals surface area contributed by atoms with Crippen LogP contribution in [0.4, 0.5) is 0 Å². The van der Waals surface area contributed by atoms with Crippen molar-refractivity contribution in [2.24, 2.45) is 5.92 Å². The summed E-state index contributed by atoms with van der Waals surface area (Å²) < 4.78 is 10.8. The molecule has 0 aromatic heterocycles. The molecule has 0 bridgehead atoms. The zero-order valence-electron chi connectivity index (χ0n) is 7.82. The summed E-state index contributed by atoms with van der Waals surface area (Å²) >= 11 is 0. The summed E-state index contributed by atoms with van der Waals surface area (Å²) in [6, 6.07) is 0. The third-order valence-corrected chi connectivity index (χ3v) is 2.19. The van der Waals surface area contributed by atoms with E-state index >= 15 is 0 Å². The second-order valence-corrected chi connectivity index (χ2v) is 3.41. The average Bonchev–Trinajstić information content (AvgIpc) is 2.52. The number of hydrogen-bond acceptors (Lipinski definition) is 3.